The van der Waals surface area contributed by atoms with E-state index in [0.717, 1.165) is 6.42 Å². The molecule has 0 aromatic heterocycles. The molecule has 1 rings (SSSR count). The molecule has 6 nitrogen and oxygen atoms in total. The van der Waals surface area contributed by atoms with Gasteiger partial charge in [0.05, 0.1) is 12.0 Å². The van der Waals surface area contributed by atoms with E-state index >= 15 is 0 Å². The van der Waals surface area contributed by atoms with Crippen molar-refractivity contribution in [1.29, 1.82) is 0 Å². The van der Waals surface area contributed by atoms with Gasteiger partial charge in [-0.1, -0.05) is 13.8 Å². The molecular formula is C13H24N2O4. The summed E-state index contributed by atoms with van der Waals surface area (Å²) < 4.78 is 0. The average Bonchev–Trinajstić information content (AvgIpc) is 2.83. The first-order valence-corrected chi connectivity index (χ1v) is 6.89. The normalized spacial score (nSPS) is 22.6. The van der Waals surface area contributed by atoms with Gasteiger partial charge < -0.3 is 20.0 Å². The molecule has 0 radical (unpaired) electrons. The lowest BCUT2D eigenvalue weighted by molar-refractivity contribution is -0.148. The average molecular weight is 272 g/mol. The molecule has 1 unspecified atom stereocenters. The van der Waals surface area contributed by atoms with Crippen molar-refractivity contribution in [3.8, 4) is 0 Å². The number of nitrogens with zero attached hydrogens (tertiary/aromatic N) is 2. The van der Waals surface area contributed by atoms with Gasteiger partial charge in [-0.3, -0.25) is 4.79 Å². The van der Waals surface area contributed by atoms with Crippen LogP contribution in [0.1, 0.15) is 33.1 Å². The smallest absolute Gasteiger partial charge is 0.320 e. The quantitative estimate of drug-likeness (QED) is 0.755. The van der Waals surface area contributed by atoms with E-state index in [9.17, 15) is 14.7 Å². The number of amides is 2. The van der Waals surface area contributed by atoms with Gasteiger partial charge in [0.1, 0.15) is 0 Å². The van der Waals surface area contributed by atoms with Crippen LogP contribution in [-0.4, -0.2) is 64.8 Å². The Bertz CT molecular complexity index is 329. The van der Waals surface area contributed by atoms with Gasteiger partial charge in [-0.15, -0.1) is 0 Å². The molecule has 0 spiro atoms. The first-order valence-electron chi connectivity index (χ1n) is 6.89. The fourth-order valence-electron chi connectivity index (χ4n) is 2.54. The summed E-state index contributed by atoms with van der Waals surface area (Å²) in [5, 5.41) is 18.3. The van der Waals surface area contributed by atoms with E-state index in [1.54, 1.807) is 9.80 Å². The van der Waals surface area contributed by atoms with Crippen LogP contribution in [0.2, 0.25) is 0 Å². The van der Waals surface area contributed by atoms with Crippen LogP contribution < -0.4 is 0 Å². The van der Waals surface area contributed by atoms with E-state index in [2.05, 4.69) is 0 Å². The summed E-state index contributed by atoms with van der Waals surface area (Å²) in [6.07, 6.45) is 1.85. The fraction of sp³-hybridized carbons (Fsp3) is 0.846. The third kappa shape index (κ3) is 3.37. The summed E-state index contributed by atoms with van der Waals surface area (Å²) >= 11 is 0. The molecule has 0 aliphatic carbocycles. The third-order valence-corrected chi connectivity index (χ3v) is 3.89. The van der Waals surface area contributed by atoms with Crippen molar-refractivity contribution in [2.75, 3.05) is 32.8 Å². The van der Waals surface area contributed by atoms with Crippen LogP contribution in [0.25, 0.3) is 0 Å². The lowest BCUT2D eigenvalue weighted by atomic mass is 9.84. The van der Waals surface area contributed by atoms with E-state index in [1.165, 1.54) is 0 Å². The lowest BCUT2D eigenvalue weighted by Gasteiger charge is -2.28. The molecule has 1 aliphatic heterocycles. The number of carboxylic acids is 1. The lowest BCUT2D eigenvalue weighted by Crippen LogP contribution is -2.45. The topological polar surface area (TPSA) is 81.1 Å². The molecule has 0 bridgehead atoms. The van der Waals surface area contributed by atoms with E-state index in [-0.39, 0.29) is 19.2 Å². The van der Waals surface area contributed by atoms with Gasteiger partial charge in [-0.05, 0) is 19.3 Å². The van der Waals surface area contributed by atoms with Crippen molar-refractivity contribution >= 4 is 12.0 Å². The highest BCUT2D eigenvalue weighted by molar-refractivity contribution is 5.79. The molecule has 19 heavy (non-hydrogen) atoms. The molecule has 110 valence electrons. The highest BCUT2D eigenvalue weighted by Crippen LogP contribution is 2.34. The monoisotopic (exact) mass is 272 g/mol. The van der Waals surface area contributed by atoms with E-state index in [4.69, 9.17) is 5.11 Å². The van der Waals surface area contributed by atoms with Gasteiger partial charge in [-0.25, -0.2) is 4.79 Å². The molecule has 1 saturated heterocycles. The molecule has 0 aromatic rings. The number of aliphatic hydroxyl groups is 1. The van der Waals surface area contributed by atoms with Crippen molar-refractivity contribution in [3.05, 3.63) is 0 Å². The molecule has 2 N–H and O–H groups in total. The van der Waals surface area contributed by atoms with Gasteiger partial charge in [0, 0.05) is 26.2 Å². The molecule has 1 aliphatic rings. The molecule has 2 amide bonds. The number of carbonyl (C=O) groups is 2. The number of rotatable bonds is 6. The van der Waals surface area contributed by atoms with Crippen molar-refractivity contribution in [2.45, 2.75) is 33.1 Å². The Morgan fingerprint density at radius 3 is 2.42 bits per heavy atom. The summed E-state index contributed by atoms with van der Waals surface area (Å²) in [6.45, 7) is 5.37. The molecule has 0 aromatic carbocycles. The highest BCUT2D eigenvalue weighted by Gasteiger charge is 2.45. The maximum Gasteiger partial charge on any atom is 0.320 e. The summed E-state index contributed by atoms with van der Waals surface area (Å²) in [4.78, 5) is 26.8. The van der Waals surface area contributed by atoms with Crippen LogP contribution in [0.4, 0.5) is 4.79 Å². The van der Waals surface area contributed by atoms with Crippen LogP contribution in [0.3, 0.4) is 0 Å². The molecule has 1 fully saturated rings. The van der Waals surface area contributed by atoms with Crippen molar-refractivity contribution in [2.24, 2.45) is 5.41 Å². The van der Waals surface area contributed by atoms with Crippen LogP contribution in [0, 0.1) is 5.41 Å². The Balaban J connectivity index is 2.71. The minimum atomic E-state index is -0.825. The maximum atomic E-state index is 12.3. The molecule has 6 heteroatoms. The standard InChI is InChI=1S/C13H24N2O4/c1-3-6-14(8-9-16)12(19)15-7-5-13(4-2,10-15)11(17)18/h16H,3-10H2,1-2H3,(H,17,18). The largest absolute Gasteiger partial charge is 0.481 e. The number of hydrogen-bond acceptors (Lipinski definition) is 3. The molecule has 0 saturated carbocycles. The summed E-state index contributed by atoms with van der Waals surface area (Å²) in [6, 6.07) is -0.160. The zero-order valence-corrected chi connectivity index (χ0v) is 11.8. The van der Waals surface area contributed by atoms with Crippen LogP contribution in [0.5, 0.6) is 0 Å². The molecular weight excluding hydrogens is 248 g/mol. The van der Waals surface area contributed by atoms with Gasteiger partial charge in [0.15, 0.2) is 0 Å². The highest BCUT2D eigenvalue weighted by atomic mass is 16.4. The number of aliphatic carboxylic acids is 1. The predicted molar refractivity (Wildman–Crippen MR) is 70.9 cm³/mol. The van der Waals surface area contributed by atoms with Crippen molar-refractivity contribution in [1.82, 2.24) is 9.80 Å². The minimum Gasteiger partial charge on any atom is -0.481 e. The van der Waals surface area contributed by atoms with E-state index in [1.807, 2.05) is 13.8 Å². The number of urea groups is 1. The first kappa shape index (κ1) is 15.8. The summed E-state index contributed by atoms with van der Waals surface area (Å²) in [5.74, 6) is -0.825. The number of aliphatic hydroxyl groups excluding tert-OH is 1. The Kier molecular flexibility index (Phi) is 5.60. The number of likely N-dealkylation sites (tertiary alicyclic amines) is 1. The second-order valence-electron chi connectivity index (χ2n) is 5.10. The Morgan fingerprint density at radius 2 is 2.00 bits per heavy atom. The molecule has 1 atom stereocenters. The number of hydrogen-bond donors (Lipinski definition) is 2. The predicted octanol–water partition coefficient (Wildman–Crippen LogP) is 0.997. The van der Waals surface area contributed by atoms with E-state index in [0.29, 0.717) is 32.5 Å². The Morgan fingerprint density at radius 1 is 1.32 bits per heavy atom. The van der Waals surface area contributed by atoms with E-state index < -0.39 is 11.4 Å². The molecule has 1 heterocycles. The SMILES string of the molecule is CCCN(CCO)C(=O)N1CCC(CC)(C(=O)O)C1. The zero-order chi connectivity index (χ0) is 14.5. The third-order valence-electron chi connectivity index (χ3n) is 3.89. The fourth-order valence-corrected chi connectivity index (χ4v) is 2.54. The van der Waals surface area contributed by atoms with Gasteiger partial charge in [-0.2, -0.15) is 0 Å². The van der Waals surface area contributed by atoms with Crippen molar-refractivity contribution in [3.63, 3.8) is 0 Å². The first-order chi connectivity index (χ1) is 9.00. The second-order valence-corrected chi connectivity index (χ2v) is 5.10. The second kappa shape index (κ2) is 6.75. The Labute approximate surface area is 114 Å². The number of carbonyl (C=O) groups excluding carboxylic acids is 1. The Hall–Kier alpha value is -1.30. The van der Waals surface area contributed by atoms with Crippen LogP contribution in [0.15, 0.2) is 0 Å². The summed E-state index contributed by atoms with van der Waals surface area (Å²) in [7, 11) is 0. The van der Waals surface area contributed by atoms with Gasteiger partial charge in [0.2, 0.25) is 0 Å². The zero-order valence-electron chi connectivity index (χ0n) is 11.8. The van der Waals surface area contributed by atoms with Crippen LogP contribution >= 0.6 is 0 Å². The minimum absolute atomic E-state index is 0.0720. The maximum absolute atomic E-state index is 12.3. The van der Waals surface area contributed by atoms with Gasteiger partial charge in [0.25, 0.3) is 0 Å². The van der Waals surface area contributed by atoms with Crippen LogP contribution in [-0.2, 0) is 4.79 Å². The van der Waals surface area contributed by atoms with Crippen molar-refractivity contribution < 1.29 is 19.8 Å². The summed E-state index contributed by atoms with van der Waals surface area (Å²) in [5.41, 5.74) is -0.799. The van der Waals surface area contributed by atoms with Gasteiger partial charge >= 0.3 is 12.0 Å². The number of carboxylic acid groups (broad SMARTS) is 1.